The number of hydrogen-bond acceptors (Lipinski definition) is 7. The summed E-state index contributed by atoms with van der Waals surface area (Å²) in [4.78, 5) is 25.9. The smallest absolute Gasteiger partial charge is 0.320 e. The summed E-state index contributed by atoms with van der Waals surface area (Å²) in [6, 6.07) is 12.6. The quantitative estimate of drug-likeness (QED) is 0.365. The topological polar surface area (TPSA) is 77.0 Å². The van der Waals surface area contributed by atoms with Crippen LogP contribution in [0.3, 0.4) is 0 Å². The lowest BCUT2D eigenvalue weighted by Gasteiger charge is -2.36. The van der Waals surface area contributed by atoms with Gasteiger partial charge in [-0.1, -0.05) is 48.5 Å². The van der Waals surface area contributed by atoms with Crippen LogP contribution in [0.5, 0.6) is 17.6 Å². The molecule has 6 rings (SSSR count). The van der Waals surface area contributed by atoms with Gasteiger partial charge in [-0.25, -0.2) is 0 Å². The molecule has 8 nitrogen and oxygen atoms in total. The van der Waals surface area contributed by atoms with Gasteiger partial charge in [-0.3, -0.25) is 4.79 Å². The standard InChI is InChI=1S/C31H35ClN4O4/c1-4-25(37)36-16-13-21(14-17-36)27-29-30(34-31(33-27)38-18-22-10-7-15-35(22)3)40-28(19(2)39-29)23-11-5-8-20-9-6-12-24(32)26(20)23/h4-6,8-9,11-12,19,21-22,28H,1,7,10,13-18H2,2-3H3/t19-,22+,28?/m1/s1. The molecule has 3 aromatic rings. The lowest BCUT2D eigenvalue weighted by Crippen LogP contribution is -2.38. The molecule has 2 saturated heterocycles. The predicted molar refractivity (Wildman–Crippen MR) is 154 cm³/mol. The molecule has 4 heterocycles. The molecule has 1 amide bonds. The molecule has 9 heteroatoms. The van der Waals surface area contributed by atoms with Crippen molar-refractivity contribution in [3.63, 3.8) is 0 Å². The second kappa shape index (κ2) is 11.3. The van der Waals surface area contributed by atoms with Crippen molar-refractivity contribution in [2.45, 2.75) is 56.8 Å². The second-order valence-corrected chi connectivity index (χ2v) is 11.4. The van der Waals surface area contributed by atoms with E-state index >= 15 is 0 Å². The van der Waals surface area contributed by atoms with Crippen LogP contribution in [0.25, 0.3) is 10.8 Å². The first kappa shape index (κ1) is 26.8. The summed E-state index contributed by atoms with van der Waals surface area (Å²) in [7, 11) is 2.12. The Kier molecular flexibility index (Phi) is 7.55. The molecule has 1 aromatic heterocycles. The number of aromatic nitrogens is 2. The van der Waals surface area contributed by atoms with Crippen molar-refractivity contribution < 1.29 is 19.0 Å². The van der Waals surface area contributed by atoms with Crippen LogP contribution in [0.15, 0.2) is 49.1 Å². The van der Waals surface area contributed by atoms with E-state index in [0.29, 0.717) is 48.4 Å². The van der Waals surface area contributed by atoms with Crippen molar-refractivity contribution in [2.75, 3.05) is 33.3 Å². The molecular formula is C31H35ClN4O4. The van der Waals surface area contributed by atoms with Gasteiger partial charge in [-0.05, 0) is 63.7 Å². The van der Waals surface area contributed by atoms with Gasteiger partial charge < -0.3 is 24.0 Å². The summed E-state index contributed by atoms with van der Waals surface area (Å²) >= 11 is 6.66. The highest BCUT2D eigenvalue weighted by Crippen LogP contribution is 2.46. The predicted octanol–water partition coefficient (Wildman–Crippen LogP) is 5.55. The minimum absolute atomic E-state index is 0.0438. The molecular weight excluding hydrogens is 528 g/mol. The molecule has 0 radical (unpaired) electrons. The lowest BCUT2D eigenvalue weighted by molar-refractivity contribution is -0.127. The van der Waals surface area contributed by atoms with Gasteiger partial charge >= 0.3 is 6.01 Å². The maximum atomic E-state index is 12.2. The number of likely N-dealkylation sites (tertiary alicyclic amines) is 2. The highest BCUT2D eigenvalue weighted by Gasteiger charge is 2.37. The average molecular weight is 563 g/mol. The van der Waals surface area contributed by atoms with Crippen molar-refractivity contribution >= 4 is 28.3 Å². The van der Waals surface area contributed by atoms with Crippen molar-refractivity contribution in [3.05, 3.63) is 65.3 Å². The monoisotopic (exact) mass is 562 g/mol. The molecule has 0 aliphatic carbocycles. The third-order valence-corrected chi connectivity index (χ3v) is 8.76. The summed E-state index contributed by atoms with van der Waals surface area (Å²) in [5, 5.41) is 2.66. The minimum Gasteiger partial charge on any atom is -0.479 e. The summed E-state index contributed by atoms with van der Waals surface area (Å²) in [6.45, 7) is 8.47. The van der Waals surface area contributed by atoms with E-state index < -0.39 is 6.10 Å². The van der Waals surface area contributed by atoms with Gasteiger partial charge in [-0.2, -0.15) is 9.97 Å². The van der Waals surface area contributed by atoms with E-state index in [1.165, 1.54) is 6.08 Å². The fraction of sp³-hybridized carbons (Fsp3) is 0.452. The molecule has 0 spiro atoms. The van der Waals surface area contributed by atoms with Crippen LogP contribution in [0, 0.1) is 0 Å². The second-order valence-electron chi connectivity index (χ2n) is 11.0. The molecule has 2 fully saturated rings. The number of carbonyl (C=O) groups is 1. The molecule has 210 valence electrons. The van der Waals surface area contributed by atoms with Gasteiger partial charge in [0.15, 0.2) is 6.10 Å². The van der Waals surface area contributed by atoms with E-state index in [2.05, 4.69) is 18.5 Å². The number of fused-ring (bicyclic) bond motifs is 2. The van der Waals surface area contributed by atoms with E-state index in [9.17, 15) is 4.79 Å². The SMILES string of the molecule is C=CC(=O)N1CCC(c2nc(OC[C@@H]3CCCN3C)nc3c2O[C@H](C)C(c2cccc4cccc(Cl)c24)O3)CC1. The lowest BCUT2D eigenvalue weighted by atomic mass is 9.92. The first-order valence-electron chi connectivity index (χ1n) is 14.1. The van der Waals surface area contributed by atoms with E-state index in [1.54, 1.807) is 0 Å². The molecule has 1 unspecified atom stereocenters. The molecule has 0 saturated carbocycles. The zero-order valence-corrected chi connectivity index (χ0v) is 23.8. The molecule has 2 aromatic carbocycles. The molecule has 3 aliphatic heterocycles. The van der Waals surface area contributed by atoms with Crippen LogP contribution < -0.4 is 14.2 Å². The number of likely N-dealkylation sites (N-methyl/N-ethyl adjacent to an activating group) is 1. The number of carbonyl (C=O) groups excluding carboxylic acids is 1. The maximum absolute atomic E-state index is 12.2. The average Bonchev–Trinajstić information content (AvgIpc) is 3.39. The van der Waals surface area contributed by atoms with Crippen molar-refractivity contribution in [1.29, 1.82) is 0 Å². The number of benzene rings is 2. The van der Waals surface area contributed by atoms with Gasteiger partial charge in [0.25, 0.3) is 5.88 Å². The van der Waals surface area contributed by atoms with Crippen molar-refractivity contribution in [3.8, 4) is 17.6 Å². The van der Waals surface area contributed by atoms with Gasteiger partial charge in [0.1, 0.15) is 12.7 Å². The fourth-order valence-corrected chi connectivity index (χ4v) is 6.45. The largest absolute Gasteiger partial charge is 0.479 e. The van der Waals surface area contributed by atoms with Crippen LogP contribution in [0.1, 0.15) is 55.9 Å². The number of hydrogen-bond donors (Lipinski definition) is 0. The number of ether oxygens (including phenoxy) is 3. The third kappa shape index (κ3) is 5.10. The summed E-state index contributed by atoms with van der Waals surface area (Å²) < 4.78 is 19.4. The Bertz CT molecular complexity index is 1420. The van der Waals surface area contributed by atoms with Gasteiger partial charge in [0.2, 0.25) is 11.7 Å². The fourth-order valence-electron chi connectivity index (χ4n) is 6.16. The highest BCUT2D eigenvalue weighted by atomic mass is 35.5. The first-order chi connectivity index (χ1) is 19.4. The minimum atomic E-state index is -0.417. The van der Waals surface area contributed by atoms with Crippen LogP contribution in [0.2, 0.25) is 5.02 Å². The van der Waals surface area contributed by atoms with Crippen LogP contribution >= 0.6 is 11.6 Å². The van der Waals surface area contributed by atoms with Gasteiger partial charge in [0.05, 0.1) is 5.69 Å². The highest BCUT2D eigenvalue weighted by molar-refractivity contribution is 6.35. The normalized spacial score (nSPS) is 23.4. The number of halogens is 1. The Morgan fingerprint density at radius 1 is 1.12 bits per heavy atom. The third-order valence-electron chi connectivity index (χ3n) is 8.45. The number of rotatable bonds is 6. The Balaban J connectivity index is 1.34. The van der Waals surface area contributed by atoms with Crippen LogP contribution in [-0.2, 0) is 4.79 Å². The summed E-state index contributed by atoms with van der Waals surface area (Å²) in [5.41, 5.74) is 1.74. The molecule has 0 N–H and O–H groups in total. The number of amides is 1. The van der Waals surface area contributed by atoms with Gasteiger partial charge in [0, 0.05) is 41.0 Å². The number of piperidine rings is 1. The summed E-state index contributed by atoms with van der Waals surface area (Å²) in [6.07, 6.45) is 4.41. The Morgan fingerprint density at radius 2 is 1.90 bits per heavy atom. The first-order valence-corrected chi connectivity index (χ1v) is 14.5. The maximum Gasteiger partial charge on any atom is 0.320 e. The Morgan fingerprint density at radius 3 is 2.62 bits per heavy atom. The van der Waals surface area contributed by atoms with Crippen LogP contribution in [0.4, 0.5) is 0 Å². The van der Waals surface area contributed by atoms with Gasteiger partial charge in [-0.15, -0.1) is 0 Å². The van der Waals surface area contributed by atoms with Crippen LogP contribution in [-0.4, -0.2) is 71.1 Å². The van der Waals surface area contributed by atoms with E-state index in [0.717, 1.165) is 54.3 Å². The zero-order chi connectivity index (χ0) is 27.8. The van der Waals surface area contributed by atoms with E-state index in [-0.39, 0.29) is 17.9 Å². The number of nitrogens with zero attached hydrogens (tertiary/aromatic N) is 4. The van der Waals surface area contributed by atoms with Crippen molar-refractivity contribution in [1.82, 2.24) is 19.8 Å². The van der Waals surface area contributed by atoms with Crippen molar-refractivity contribution in [2.24, 2.45) is 0 Å². The zero-order valence-electron chi connectivity index (χ0n) is 23.0. The molecule has 3 aliphatic rings. The Hall–Kier alpha value is -3.36. The molecule has 40 heavy (non-hydrogen) atoms. The van der Waals surface area contributed by atoms with E-state index in [1.807, 2.05) is 48.2 Å². The molecule has 3 atom stereocenters. The molecule has 0 bridgehead atoms. The Labute approximate surface area is 239 Å². The summed E-state index contributed by atoms with van der Waals surface area (Å²) in [5.74, 6) is 0.990. The van der Waals surface area contributed by atoms with E-state index in [4.69, 9.17) is 35.8 Å².